The lowest BCUT2D eigenvalue weighted by atomic mass is 10.0. The van der Waals surface area contributed by atoms with Crippen molar-refractivity contribution < 1.29 is 19.2 Å². The largest absolute Gasteiger partial charge is 0.288 e. The van der Waals surface area contributed by atoms with E-state index in [0.717, 1.165) is 77.0 Å². The highest BCUT2D eigenvalue weighted by atomic mass is 32.1. The second-order valence-electron chi connectivity index (χ2n) is 17.8. The van der Waals surface area contributed by atoms with Gasteiger partial charge < -0.3 is 0 Å². The third-order valence-corrected chi connectivity index (χ3v) is 13.3. The van der Waals surface area contributed by atoms with E-state index in [0.29, 0.717) is 36.4 Å². The summed E-state index contributed by atoms with van der Waals surface area (Å²) < 4.78 is 0. The van der Waals surface area contributed by atoms with Crippen LogP contribution in [0.25, 0.3) is 0 Å². The molecule has 0 atom stereocenters. The maximum absolute atomic E-state index is 14.0. The van der Waals surface area contributed by atoms with Gasteiger partial charge in [0.2, 0.25) is 11.8 Å². The summed E-state index contributed by atoms with van der Waals surface area (Å²) in [5.41, 5.74) is 0.0294. The maximum Gasteiger partial charge on any atom is 0.265 e. The third-order valence-electron chi connectivity index (χ3n) is 12.4. The van der Waals surface area contributed by atoms with Gasteiger partial charge in [-0.3, -0.25) is 38.8 Å². The van der Waals surface area contributed by atoms with Gasteiger partial charge in [-0.25, -0.2) is 0 Å². The average Bonchev–Trinajstić information content (AvgIpc) is 3.25. The topological polar surface area (TPSA) is 81.2 Å². The van der Waals surface area contributed by atoms with Crippen molar-refractivity contribution >= 4 is 58.3 Å². The van der Waals surface area contributed by atoms with E-state index in [1.165, 1.54) is 134 Å². The molecule has 2 saturated heterocycles. The fraction of sp³-hybridized carbons (Fsp3) is 0.804. The van der Waals surface area contributed by atoms with E-state index in [1.807, 2.05) is 0 Å². The monoisotopic (exact) mass is 885 g/mol. The molecule has 0 N–H and O–H groups in total. The number of unbranched alkanes of at least 4 members (excludes halogenated alkanes) is 28. The fourth-order valence-corrected chi connectivity index (χ4v) is 9.18. The zero-order chi connectivity index (χ0) is 44.5. The molecule has 0 spiro atoms. The Morgan fingerprint density at radius 1 is 0.377 bits per heavy atom. The number of hydrogen-bond donors (Lipinski definition) is 0. The summed E-state index contributed by atoms with van der Waals surface area (Å²) in [5, 5.41) is 0.601. The molecule has 61 heavy (non-hydrogen) atoms. The van der Waals surface area contributed by atoms with Crippen molar-refractivity contribution in [1.82, 2.24) is 19.6 Å². The van der Waals surface area contributed by atoms with Crippen LogP contribution in [-0.2, 0) is 19.2 Å². The molecule has 0 bridgehead atoms. The summed E-state index contributed by atoms with van der Waals surface area (Å²) in [6, 6.07) is 0. The molecule has 8 nitrogen and oxygen atoms in total. The van der Waals surface area contributed by atoms with Crippen molar-refractivity contribution in [1.29, 1.82) is 0 Å². The number of thiocarbonyl (C=S) groups is 2. The zero-order valence-electron chi connectivity index (χ0n) is 39.5. The molecular formula is C51H88N4O4S2. The van der Waals surface area contributed by atoms with Crippen LogP contribution in [0.1, 0.15) is 233 Å². The summed E-state index contributed by atoms with van der Waals surface area (Å²) in [6.07, 6.45) is 41.2. The van der Waals surface area contributed by atoms with Gasteiger partial charge in [0.1, 0.15) is 11.5 Å². The van der Waals surface area contributed by atoms with E-state index in [9.17, 15) is 19.2 Å². The standard InChI is InChI=1S/C51H88N4O4S2/c1-5-9-13-17-21-25-29-33-40-52-46(56)44(47(57)53(50(52)60)41-34-30-26-22-18-14-10-6-2)38-37-39-45-48(58)54(42-35-31-27-23-19-15-11-7-3)51(61)55(49(45)59)43-36-32-28-24-20-16-12-8-4/h37-39,44H,5-36,40-43H2,1-4H3/b38-37+. The van der Waals surface area contributed by atoms with E-state index in [1.54, 1.807) is 31.8 Å². The minimum absolute atomic E-state index is 0.0294. The Morgan fingerprint density at radius 3 is 0.918 bits per heavy atom. The fourth-order valence-electron chi connectivity index (χ4n) is 8.47. The second kappa shape index (κ2) is 35.0. The molecule has 2 fully saturated rings. The lowest BCUT2D eigenvalue weighted by Crippen LogP contribution is -2.59. The number of rotatable bonds is 38. The highest BCUT2D eigenvalue weighted by Gasteiger charge is 2.42. The van der Waals surface area contributed by atoms with Crippen LogP contribution in [0.15, 0.2) is 23.8 Å². The minimum atomic E-state index is -1.07. The smallest absolute Gasteiger partial charge is 0.265 e. The Bertz CT molecular complexity index is 1260. The number of nitrogens with zero attached hydrogens (tertiary/aromatic N) is 4. The lowest BCUT2D eigenvalue weighted by Gasteiger charge is -2.38. The van der Waals surface area contributed by atoms with Crippen molar-refractivity contribution in [2.45, 2.75) is 233 Å². The molecule has 4 amide bonds. The molecule has 2 rings (SSSR count). The Kier molecular flexibility index (Phi) is 31.3. The summed E-state index contributed by atoms with van der Waals surface area (Å²) in [6.45, 7) is 10.8. The Labute approximate surface area is 384 Å². The van der Waals surface area contributed by atoms with E-state index in [-0.39, 0.29) is 17.4 Å². The highest BCUT2D eigenvalue weighted by molar-refractivity contribution is 7.80. The Balaban J connectivity index is 2.23. The van der Waals surface area contributed by atoms with Crippen LogP contribution < -0.4 is 0 Å². The molecule has 0 unspecified atom stereocenters. The van der Waals surface area contributed by atoms with Crippen LogP contribution in [0, 0.1) is 5.92 Å². The first-order valence-corrected chi connectivity index (χ1v) is 26.3. The molecule has 0 aromatic rings. The molecule has 2 heterocycles. The van der Waals surface area contributed by atoms with Gasteiger partial charge in [-0.05, 0) is 56.2 Å². The van der Waals surface area contributed by atoms with E-state index in [2.05, 4.69) is 27.7 Å². The van der Waals surface area contributed by atoms with Gasteiger partial charge in [-0.15, -0.1) is 0 Å². The third kappa shape index (κ3) is 21.2. The first kappa shape index (κ1) is 54.7. The van der Waals surface area contributed by atoms with Crippen LogP contribution >= 0.6 is 24.4 Å². The summed E-state index contributed by atoms with van der Waals surface area (Å²) in [5.74, 6) is -2.51. The first-order valence-electron chi connectivity index (χ1n) is 25.5. The van der Waals surface area contributed by atoms with Crippen molar-refractivity contribution in [3.8, 4) is 0 Å². The number of amides is 4. The van der Waals surface area contributed by atoms with Crippen LogP contribution in [0.5, 0.6) is 0 Å². The first-order chi connectivity index (χ1) is 29.7. The van der Waals surface area contributed by atoms with Crippen molar-refractivity contribution in [2.24, 2.45) is 5.92 Å². The number of carbonyl (C=O) groups is 4. The number of hydrogen-bond acceptors (Lipinski definition) is 6. The van der Waals surface area contributed by atoms with Gasteiger partial charge in [0.15, 0.2) is 10.2 Å². The summed E-state index contributed by atoms with van der Waals surface area (Å²) >= 11 is 11.7. The van der Waals surface area contributed by atoms with Gasteiger partial charge in [0, 0.05) is 26.2 Å². The summed E-state index contributed by atoms with van der Waals surface area (Å²) in [4.78, 5) is 62.5. The SMILES string of the molecule is CCCCCCCCCCN1C(=O)C(=C/C=C/C2C(=O)N(CCCCCCCCCC)C(=S)N(CCCCCCCCCC)C2=O)C(=O)N(CCCCCCCCCC)C1=S. The van der Waals surface area contributed by atoms with E-state index >= 15 is 0 Å². The zero-order valence-corrected chi connectivity index (χ0v) is 41.1. The van der Waals surface area contributed by atoms with Gasteiger partial charge >= 0.3 is 0 Å². The van der Waals surface area contributed by atoms with E-state index in [4.69, 9.17) is 24.4 Å². The molecule has 348 valence electrons. The maximum atomic E-state index is 14.0. The Hall–Kier alpha value is -2.46. The highest BCUT2D eigenvalue weighted by Crippen LogP contribution is 2.24. The molecule has 2 aliphatic heterocycles. The quantitative estimate of drug-likeness (QED) is 0.0202. The van der Waals surface area contributed by atoms with Gasteiger partial charge in [0.05, 0.1) is 0 Å². The lowest BCUT2D eigenvalue weighted by molar-refractivity contribution is -0.145. The Morgan fingerprint density at radius 2 is 0.623 bits per heavy atom. The van der Waals surface area contributed by atoms with Crippen molar-refractivity contribution in [2.75, 3.05) is 26.2 Å². The molecular weight excluding hydrogens is 797 g/mol. The van der Waals surface area contributed by atoms with E-state index < -0.39 is 17.7 Å². The summed E-state index contributed by atoms with van der Waals surface area (Å²) in [7, 11) is 0. The molecule has 0 aromatic carbocycles. The predicted octanol–water partition coefficient (Wildman–Crippen LogP) is 13.6. The average molecular weight is 885 g/mol. The van der Waals surface area contributed by atoms with Crippen molar-refractivity contribution in [3.05, 3.63) is 23.8 Å². The normalized spacial score (nSPS) is 15.5. The molecule has 2 aliphatic rings. The van der Waals surface area contributed by atoms with Crippen LogP contribution in [-0.4, -0.2) is 79.6 Å². The molecule has 0 aliphatic carbocycles. The van der Waals surface area contributed by atoms with Crippen molar-refractivity contribution in [3.63, 3.8) is 0 Å². The number of allylic oxidation sites excluding steroid dienone is 2. The van der Waals surface area contributed by atoms with Crippen LogP contribution in [0.3, 0.4) is 0 Å². The number of carbonyl (C=O) groups excluding carboxylic acids is 4. The molecule has 10 heteroatoms. The molecule has 0 aromatic heterocycles. The van der Waals surface area contributed by atoms with Gasteiger partial charge in [-0.2, -0.15) is 0 Å². The second-order valence-corrected chi connectivity index (χ2v) is 18.5. The van der Waals surface area contributed by atoms with Gasteiger partial charge in [0.25, 0.3) is 11.8 Å². The molecule has 0 saturated carbocycles. The minimum Gasteiger partial charge on any atom is -0.288 e. The van der Waals surface area contributed by atoms with Crippen LogP contribution in [0.4, 0.5) is 0 Å². The van der Waals surface area contributed by atoms with Crippen LogP contribution in [0.2, 0.25) is 0 Å². The van der Waals surface area contributed by atoms with Gasteiger partial charge in [-0.1, -0.05) is 220 Å². The molecule has 0 radical (unpaired) electrons. The predicted molar refractivity (Wildman–Crippen MR) is 263 cm³/mol.